The average molecular weight is 218 g/mol. The van der Waals surface area contributed by atoms with E-state index in [9.17, 15) is 8.42 Å². The second-order valence-electron chi connectivity index (χ2n) is 4.68. The predicted octanol–water partition coefficient (Wildman–Crippen LogP) is 1.38. The number of ether oxygens (including phenoxy) is 1. The molecule has 1 heterocycles. The van der Waals surface area contributed by atoms with E-state index in [0.29, 0.717) is 12.0 Å². The highest BCUT2D eigenvalue weighted by atomic mass is 32.2. The van der Waals surface area contributed by atoms with Crippen LogP contribution in [0.5, 0.6) is 0 Å². The Balaban J connectivity index is 1.89. The summed E-state index contributed by atoms with van der Waals surface area (Å²) in [7, 11) is -2.81. The Morgan fingerprint density at radius 2 is 2.07 bits per heavy atom. The van der Waals surface area contributed by atoms with Gasteiger partial charge in [0.1, 0.15) is 9.84 Å². The zero-order valence-corrected chi connectivity index (χ0v) is 9.42. The van der Waals surface area contributed by atoms with Gasteiger partial charge in [0.15, 0.2) is 0 Å². The molecule has 82 valence electrons. The molecule has 0 aromatic heterocycles. The van der Waals surface area contributed by atoms with E-state index in [4.69, 9.17) is 4.74 Å². The van der Waals surface area contributed by atoms with Gasteiger partial charge in [-0.05, 0) is 25.2 Å². The number of rotatable bonds is 3. The van der Waals surface area contributed by atoms with Gasteiger partial charge in [-0.1, -0.05) is 12.8 Å². The summed E-state index contributed by atoms with van der Waals surface area (Å²) in [6.07, 6.45) is 6.86. The third-order valence-corrected chi connectivity index (χ3v) is 4.98. The third-order valence-electron chi connectivity index (χ3n) is 3.34. The van der Waals surface area contributed by atoms with Gasteiger partial charge in [0, 0.05) is 6.26 Å². The lowest BCUT2D eigenvalue weighted by atomic mass is 9.86. The molecule has 14 heavy (non-hydrogen) atoms. The van der Waals surface area contributed by atoms with Crippen LogP contribution in [0.2, 0.25) is 0 Å². The maximum absolute atomic E-state index is 11.4. The number of hydrogen-bond donors (Lipinski definition) is 0. The Hall–Kier alpha value is -0.0900. The molecule has 3 atom stereocenters. The van der Waals surface area contributed by atoms with Gasteiger partial charge in [-0.15, -0.1) is 0 Å². The van der Waals surface area contributed by atoms with Crippen LogP contribution in [-0.4, -0.2) is 32.6 Å². The van der Waals surface area contributed by atoms with Crippen LogP contribution in [0, 0.1) is 5.92 Å². The van der Waals surface area contributed by atoms with Gasteiger partial charge in [-0.2, -0.15) is 0 Å². The first-order chi connectivity index (χ1) is 6.55. The van der Waals surface area contributed by atoms with Gasteiger partial charge in [-0.3, -0.25) is 0 Å². The molecule has 3 nitrogen and oxygen atoms in total. The molecular formula is C10H18O3S. The monoisotopic (exact) mass is 218 g/mol. The van der Waals surface area contributed by atoms with Crippen LogP contribution < -0.4 is 0 Å². The van der Waals surface area contributed by atoms with Gasteiger partial charge in [0.25, 0.3) is 0 Å². The Kier molecular flexibility index (Phi) is 2.84. The molecule has 2 fully saturated rings. The second-order valence-corrected chi connectivity index (χ2v) is 7.00. The lowest BCUT2D eigenvalue weighted by Gasteiger charge is -2.27. The van der Waals surface area contributed by atoms with Gasteiger partial charge < -0.3 is 4.74 Å². The van der Waals surface area contributed by atoms with Crippen LogP contribution in [0.15, 0.2) is 0 Å². The summed E-state index contributed by atoms with van der Waals surface area (Å²) in [5, 5.41) is -0.0833. The van der Waals surface area contributed by atoms with Crippen LogP contribution in [0.1, 0.15) is 32.1 Å². The molecule has 1 saturated heterocycles. The zero-order valence-electron chi connectivity index (χ0n) is 8.61. The lowest BCUT2D eigenvalue weighted by molar-refractivity contribution is 0.293. The molecule has 4 heteroatoms. The number of sulfone groups is 1. The topological polar surface area (TPSA) is 46.7 Å². The van der Waals surface area contributed by atoms with Gasteiger partial charge >= 0.3 is 0 Å². The first-order valence-corrected chi connectivity index (χ1v) is 7.31. The standard InChI is InChI=1S/C10H18O3S/c1-14(11,12)10-4-2-3-8(6-10)5-9-7-13-9/h8-10H,2-7H2,1H3. The molecule has 2 aliphatic rings. The number of hydrogen-bond acceptors (Lipinski definition) is 3. The van der Waals surface area contributed by atoms with Crippen molar-refractivity contribution in [1.29, 1.82) is 0 Å². The van der Waals surface area contributed by atoms with E-state index in [0.717, 1.165) is 32.3 Å². The summed E-state index contributed by atoms with van der Waals surface area (Å²) in [5.74, 6) is 0.580. The summed E-state index contributed by atoms with van der Waals surface area (Å²) in [6, 6.07) is 0. The Bertz CT molecular complexity index is 292. The van der Waals surface area contributed by atoms with E-state index < -0.39 is 9.84 Å². The van der Waals surface area contributed by atoms with Crippen LogP contribution in [-0.2, 0) is 14.6 Å². The molecule has 3 unspecified atom stereocenters. The fourth-order valence-electron chi connectivity index (χ4n) is 2.42. The van der Waals surface area contributed by atoms with Crippen molar-refractivity contribution in [2.24, 2.45) is 5.92 Å². The van der Waals surface area contributed by atoms with Crippen LogP contribution >= 0.6 is 0 Å². The minimum atomic E-state index is -2.81. The van der Waals surface area contributed by atoms with Gasteiger partial charge in [0.2, 0.25) is 0 Å². The smallest absolute Gasteiger partial charge is 0.150 e. The molecule has 1 aliphatic heterocycles. The first-order valence-electron chi connectivity index (χ1n) is 5.36. The largest absolute Gasteiger partial charge is 0.373 e. The molecule has 0 aromatic carbocycles. The van der Waals surface area contributed by atoms with E-state index in [-0.39, 0.29) is 5.25 Å². The summed E-state index contributed by atoms with van der Waals surface area (Å²) in [4.78, 5) is 0. The van der Waals surface area contributed by atoms with E-state index >= 15 is 0 Å². The average Bonchev–Trinajstić information content (AvgIpc) is 2.87. The van der Waals surface area contributed by atoms with E-state index in [2.05, 4.69) is 0 Å². The molecule has 1 aliphatic carbocycles. The summed E-state index contributed by atoms with van der Waals surface area (Å²) < 4.78 is 28.0. The van der Waals surface area contributed by atoms with Crippen molar-refractivity contribution in [3.8, 4) is 0 Å². The van der Waals surface area contributed by atoms with Crippen LogP contribution in [0.25, 0.3) is 0 Å². The molecule has 0 amide bonds. The first kappa shape index (κ1) is 10.4. The molecule has 0 spiro atoms. The molecule has 0 aromatic rings. The minimum Gasteiger partial charge on any atom is -0.373 e. The minimum absolute atomic E-state index is 0.0833. The van der Waals surface area contributed by atoms with Crippen LogP contribution in [0.3, 0.4) is 0 Å². The highest BCUT2D eigenvalue weighted by Crippen LogP contribution is 2.33. The SMILES string of the molecule is CS(=O)(=O)C1CCCC(CC2CO2)C1. The van der Waals surface area contributed by atoms with Crippen molar-refractivity contribution in [3.05, 3.63) is 0 Å². The molecule has 2 rings (SSSR count). The Morgan fingerprint density at radius 1 is 1.36 bits per heavy atom. The highest BCUT2D eigenvalue weighted by molar-refractivity contribution is 7.91. The Morgan fingerprint density at radius 3 is 2.64 bits per heavy atom. The maximum atomic E-state index is 11.4. The highest BCUT2D eigenvalue weighted by Gasteiger charge is 2.33. The lowest BCUT2D eigenvalue weighted by Crippen LogP contribution is -2.28. The Labute approximate surface area is 85.8 Å². The molecule has 0 bridgehead atoms. The van der Waals surface area contributed by atoms with Gasteiger partial charge in [-0.25, -0.2) is 8.42 Å². The molecule has 1 saturated carbocycles. The van der Waals surface area contributed by atoms with Gasteiger partial charge in [0.05, 0.1) is 18.0 Å². The van der Waals surface area contributed by atoms with E-state index in [1.807, 2.05) is 0 Å². The van der Waals surface area contributed by atoms with Crippen LogP contribution in [0.4, 0.5) is 0 Å². The third kappa shape index (κ3) is 2.70. The molecule has 0 radical (unpaired) electrons. The number of epoxide rings is 1. The normalized spacial score (nSPS) is 38.2. The second kappa shape index (κ2) is 3.81. The summed E-state index contributed by atoms with van der Waals surface area (Å²) in [5.41, 5.74) is 0. The molecule has 0 N–H and O–H groups in total. The molecular weight excluding hydrogens is 200 g/mol. The maximum Gasteiger partial charge on any atom is 0.150 e. The van der Waals surface area contributed by atoms with E-state index in [1.165, 1.54) is 12.7 Å². The van der Waals surface area contributed by atoms with E-state index in [1.54, 1.807) is 0 Å². The van der Waals surface area contributed by atoms with Crippen molar-refractivity contribution in [1.82, 2.24) is 0 Å². The van der Waals surface area contributed by atoms with Crippen molar-refractivity contribution in [2.75, 3.05) is 12.9 Å². The fraction of sp³-hybridized carbons (Fsp3) is 1.00. The van der Waals surface area contributed by atoms with Crippen molar-refractivity contribution in [3.63, 3.8) is 0 Å². The zero-order chi connectivity index (χ0) is 10.2. The fourth-order valence-corrected chi connectivity index (χ4v) is 3.64. The predicted molar refractivity (Wildman–Crippen MR) is 54.9 cm³/mol. The summed E-state index contributed by atoms with van der Waals surface area (Å²) >= 11 is 0. The van der Waals surface area contributed by atoms with Crippen molar-refractivity contribution in [2.45, 2.75) is 43.5 Å². The quantitative estimate of drug-likeness (QED) is 0.672. The van der Waals surface area contributed by atoms with Crippen molar-refractivity contribution >= 4 is 9.84 Å². The van der Waals surface area contributed by atoms with Crippen molar-refractivity contribution < 1.29 is 13.2 Å². The summed E-state index contributed by atoms with van der Waals surface area (Å²) in [6.45, 7) is 0.889.